The van der Waals surface area contributed by atoms with E-state index in [1.54, 1.807) is 13.0 Å². The Morgan fingerprint density at radius 3 is 2.00 bits per heavy atom. The van der Waals surface area contributed by atoms with Crippen LogP contribution in [0, 0.1) is 5.92 Å². The van der Waals surface area contributed by atoms with Crippen molar-refractivity contribution in [2.24, 2.45) is 5.92 Å². The summed E-state index contributed by atoms with van der Waals surface area (Å²) in [6, 6.07) is 4.42. The molecule has 0 heterocycles. The van der Waals surface area contributed by atoms with Crippen LogP contribution in [0.1, 0.15) is 20.8 Å². The SMILES string of the molecule is CC(C)[C@@H](C)NS(=O)(=O)c1c(Cl)cccc1Cl. The second kappa shape index (κ2) is 5.57. The Balaban J connectivity index is 3.14. The molecule has 0 fully saturated rings. The lowest BCUT2D eigenvalue weighted by molar-refractivity contribution is 0.476. The maximum atomic E-state index is 12.1. The first-order chi connectivity index (χ1) is 7.75. The highest BCUT2D eigenvalue weighted by Crippen LogP contribution is 2.29. The second-order valence-electron chi connectivity index (χ2n) is 4.20. The highest BCUT2D eigenvalue weighted by atomic mass is 35.5. The van der Waals surface area contributed by atoms with Crippen molar-refractivity contribution < 1.29 is 8.42 Å². The number of hydrogen-bond donors (Lipinski definition) is 1. The molecule has 1 atom stereocenters. The molecule has 0 amide bonds. The molecule has 0 saturated heterocycles. The molecule has 1 rings (SSSR count). The maximum Gasteiger partial charge on any atom is 0.243 e. The fraction of sp³-hybridized carbons (Fsp3) is 0.455. The minimum Gasteiger partial charge on any atom is -0.208 e. The van der Waals surface area contributed by atoms with Crippen LogP contribution in [-0.2, 0) is 10.0 Å². The zero-order chi connectivity index (χ0) is 13.2. The van der Waals surface area contributed by atoms with E-state index >= 15 is 0 Å². The minimum absolute atomic E-state index is 0.0594. The average molecular weight is 296 g/mol. The quantitative estimate of drug-likeness (QED) is 0.926. The Bertz CT molecular complexity index is 480. The van der Waals surface area contributed by atoms with E-state index in [0.29, 0.717) is 0 Å². The number of rotatable bonds is 4. The van der Waals surface area contributed by atoms with Crippen molar-refractivity contribution in [3.05, 3.63) is 28.2 Å². The van der Waals surface area contributed by atoms with Crippen LogP contribution in [0.5, 0.6) is 0 Å². The lowest BCUT2D eigenvalue weighted by Gasteiger charge is -2.18. The van der Waals surface area contributed by atoms with E-state index in [1.807, 2.05) is 13.8 Å². The summed E-state index contributed by atoms with van der Waals surface area (Å²) in [6.07, 6.45) is 0. The Morgan fingerprint density at radius 2 is 1.59 bits per heavy atom. The number of sulfonamides is 1. The molecule has 0 radical (unpaired) electrons. The average Bonchev–Trinajstić information content (AvgIpc) is 2.15. The van der Waals surface area contributed by atoms with E-state index in [2.05, 4.69) is 4.72 Å². The topological polar surface area (TPSA) is 46.2 Å². The van der Waals surface area contributed by atoms with Crippen LogP contribution < -0.4 is 4.72 Å². The van der Waals surface area contributed by atoms with Gasteiger partial charge in [0.05, 0.1) is 10.0 Å². The smallest absolute Gasteiger partial charge is 0.208 e. The largest absolute Gasteiger partial charge is 0.243 e. The van der Waals surface area contributed by atoms with E-state index < -0.39 is 10.0 Å². The monoisotopic (exact) mass is 295 g/mol. The predicted octanol–water partition coefficient (Wildman–Crippen LogP) is 3.32. The van der Waals surface area contributed by atoms with Gasteiger partial charge in [-0.25, -0.2) is 13.1 Å². The molecule has 0 unspecified atom stereocenters. The molecule has 0 saturated carbocycles. The first-order valence-electron chi connectivity index (χ1n) is 5.22. The first kappa shape index (κ1) is 14.8. The molecule has 0 aliphatic carbocycles. The molecule has 0 spiro atoms. The minimum atomic E-state index is -3.68. The van der Waals surface area contributed by atoms with E-state index in [9.17, 15) is 8.42 Å². The Hall–Kier alpha value is -0.290. The van der Waals surface area contributed by atoms with Gasteiger partial charge in [-0.15, -0.1) is 0 Å². The van der Waals surface area contributed by atoms with Crippen molar-refractivity contribution in [2.75, 3.05) is 0 Å². The van der Waals surface area contributed by atoms with Gasteiger partial charge < -0.3 is 0 Å². The molecule has 96 valence electrons. The van der Waals surface area contributed by atoms with Crippen LogP contribution in [0.2, 0.25) is 10.0 Å². The summed E-state index contributed by atoms with van der Waals surface area (Å²) in [4.78, 5) is -0.0594. The summed E-state index contributed by atoms with van der Waals surface area (Å²) < 4.78 is 26.8. The van der Waals surface area contributed by atoms with E-state index in [0.717, 1.165) is 0 Å². The van der Waals surface area contributed by atoms with Crippen molar-refractivity contribution in [3.8, 4) is 0 Å². The highest BCUT2D eigenvalue weighted by molar-refractivity contribution is 7.89. The van der Waals surface area contributed by atoms with Gasteiger partial charge >= 0.3 is 0 Å². The summed E-state index contributed by atoms with van der Waals surface area (Å²) >= 11 is 11.7. The number of halogens is 2. The Labute approximate surface area is 112 Å². The van der Waals surface area contributed by atoms with Crippen LogP contribution in [0.15, 0.2) is 23.1 Å². The summed E-state index contributed by atoms with van der Waals surface area (Å²) in [5.74, 6) is 0.186. The Morgan fingerprint density at radius 1 is 1.12 bits per heavy atom. The Kier molecular flexibility index (Phi) is 4.84. The standard InChI is InChI=1S/C11H15Cl2NO2S/c1-7(2)8(3)14-17(15,16)11-9(12)5-4-6-10(11)13/h4-8,14H,1-3H3/t8-/m1/s1. The lowest BCUT2D eigenvalue weighted by atomic mass is 10.1. The van der Waals surface area contributed by atoms with Gasteiger partial charge in [0.2, 0.25) is 10.0 Å². The molecular weight excluding hydrogens is 281 g/mol. The molecule has 1 N–H and O–H groups in total. The molecule has 6 heteroatoms. The third kappa shape index (κ3) is 3.58. The van der Waals surface area contributed by atoms with Crippen LogP contribution >= 0.6 is 23.2 Å². The third-order valence-corrected chi connectivity index (χ3v) is 5.04. The fourth-order valence-corrected chi connectivity index (χ4v) is 3.71. The second-order valence-corrected chi connectivity index (χ2v) is 6.67. The molecule has 0 aliphatic heterocycles. The van der Waals surface area contributed by atoms with E-state index in [1.165, 1.54) is 12.1 Å². The number of hydrogen-bond acceptors (Lipinski definition) is 2. The maximum absolute atomic E-state index is 12.1. The summed E-state index contributed by atoms with van der Waals surface area (Å²) in [7, 11) is -3.68. The predicted molar refractivity (Wildman–Crippen MR) is 71.1 cm³/mol. The molecular formula is C11H15Cl2NO2S. The summed E-state index contributed by atoms with van der Waals surface area (Å²) in [5, 5.41) is 0.252. The van der Waals surface area contributed by atoms with Crippen LogP contribution in [-0.4, -0.2) is 14.5 Å². The van der Waals surface area contributed by atoms with Gasteiger partial charge in [0, 0.05) is 6.04 Å². The molecule has 17 heavy (non-hydrogen) atoms. The van der Waals surface area contributed by atoms with E-state index in [-0.39, 0.29) is 26.9 Å². The molecule has 3 nitrogen and oxygen atoms in total. The van der Waals surface area contributed by atoms with Crippen molar-refractivity contribution >= 4 is 33.2 Å². The van der Waals surface area contributed by atoms with Gasteiger partial charge in [0.25, 0.3) is 0 Å². The fourth-order valence-electron chi connectivity index (χ4n) is 1.18. The molecule has 0 bridgehead atoms. The van der Waals surface area contributed by atoms with Crippen LogP contribution in [0.25, 0.3) is 0 Å². The molecule has 0 aromatic heterocycles. The van der Waals surface area contributed by atoms with Gasteiger partial charge in [-0.2, -0.15) is 0 Å². The number of nitrogens with one attached hydrogen (secondary N) is 1. The zero-order valence-corrected chi connectivity index (χ0v) is 12.2. The first-order valence-corrected chi connectivity index (χ1v) is 7.46. The van der Waals surface area contributed by atoms with Crippen LogP contribution in [0.3, 0.4) is 0 Å². The van der Waals surface area contributed by atoms with Crippen molar-refractivity contribution in [3.63, 3.8) is 0 Å². The van der Waals surface area contributed by atoms with E-state index in [4.69, 9.17) is 23.2 Å². The van der Waals surface area contributed by atoms with Gasteiger partial charge in [0.1, 0.15) is 4.90 Å². The van der Waals surface area contributed by atoms with Crippen molar-refractivity contribution in [1.82, 2.24) is 4.72 Å². The zero-order valence-electron chi connectivity index (χ0n) is 9.87. The van der Waals surface area contributed by atoms with Gasteiger partial charge in [-0.1, -0.05) is 43.1 Å². The number of benzene rings is 1. The summed E-state index contributed by atoms with van der Waals surface area (Å²) in [6.45, 7) is 5.66. The van der Waals surface area contributed by atoms with Gasteiger partial charge in [0.15, 0.2) is 0 Å². The molecule has 1 aromatic rings. The van der Waals surface area contributed by atoms with Crippen molar-refractivity contribution in [2.45, 2.75) is 31.7 Å². The normalized spacial score (nSPS) is 14.0. The highest BCUT2D eigenvalue weighted by Gasteiger charge is 2.24. The summed E-state index contributed by atoms with van der Waals surface area (Å²) in [5.41, 5.74) is 0. The van der Waals surface area contributed by atoms with Crippen molar-refractivity contribution in [1.29, 1.82) is 0 Å². The third-order valence-electron chi connectivity index (χ3n) is 2.53. The van der Waals surface area contributed by atoms with Crippen LogP contribution in [0.4, 0.5) is 0 Å². The molecule has 0 aliphatic rings. The lowest BCUT2D eigenvalue weighted by Crippen LogP contribution is -2.36. The van der Waals surface area contributed by atoms with Gasteiger partial charge in [-0.05, 0) is 25.0 Å². The van der Waals surface area contributed by atoms with Gasteiger partial charge in [-0.3, -0.25) is 0 Å². The molecule has 1 aromatic carbocycles.